The Balaban J connectivity index is 1.49. The second-order valence-electron chi connectivity index (χ2n) is 5.47. The molecule has 0 saturated heterocycles. The van der Waals surface area contributed by atoms with E-state index in [2.05, 4.69) is 32.6 Å². The second kappa shape index (κ2) is 11.6. The number of thiophene rings is 1. The molecule has 1 heterocycles. The summed E-state index contributed by atoms with van der Waals surface area (Å²) in [5, 5.41) is 6.31. The Hall–Kier alpha value is -1.02. The molecule has 0 atom stereocenters. The lowest BCUT2D eigenvalue weighted by Crippen LogP contribution is -2.28. The first-order chi connectivity index (χ1) is 12.5. The van der Waals surface area contributed by atoms with E-state index in [1.54, 1.807) is 47.4 Å². The van der Waals surface area contributed by atoms with Gasteiger partial charge in [0.2, 0.25) is 5.91 Å². The molecule has 0 unspecified atom stereocenters. The van der Waals surface area contributed by atoms with Crippen LogP contribution in [0.15, 0.2) is 40.2 Å². The molecule has 2 amide bonds. The summed E-state index contributed by atoms with van der Waals surface area (Å²) in [6, 6.07) is 10.9. The SMILES string of the molecule is O=C(CCCNC(=O)c1ccc(Cl)cc1)NCCSCc1ccc(Br)s1. The van der Waals surface area contributed by atoms with E-state index in [1.807, 2.05) is 6.07 Å². The van der Waals surface area contributed by atoms with Crippen LogP contribution in [0.25, 0.3) is 0 Å². The molecule has 0 saturated carbocycles. The van der Waals surface area contributed by atoms with Crippen molar-refractivity contribution in [3.8, 4) is 0 Å². The fourth-order valence-electron chi connectivity index (χ4n) is 2.11. The highest BCUT2D eigenvalue weighted by Crippen LogP contribution is 2.25. The molecule has 2 aromatic rings. The third-order valence-corrected chi connectivity index (χ3v) is 6.48. The Kier molecular flexibility index (Phi) is 9.53. The normalized spacial score (nSPS) is 10.5. The predicted molar refractivity (Wildman–Crippen MR) is 114 cm³/mol. The molecule has 0 aliphatic heterocycles. The van der Waals surface area contributed by atoms with E-state index in [0.29, 0.717) is 36.5 Å². The largest absolute Gasteiger partial charge is 0.355 e. The zero-order chi connectivity index (χ0) is 18.8. The van der Waals surface area contributed by atoms with Gasteiger partial charge in [-0.3, -0.25) is 9.59 Å². The number of carbonyl (C=O) groups excluding carboxylic acids is 2. The molecule has 2 N–H and O–H groups in total. The van der Waals surface area contributed by atoms with E-state index < -0.39 is 0 Å². The summed E-state index contributed by atoms with van der Waals surface area (Å²) < 4.78 is 1.14. The van der Waals surface area contributed by atoms with Gasteiger partial charge in [-0.1, -0.05) is 11.6 Å². The number of halogens is 2. The summed E-state index contributed by atoms with van der Waals surface area (Å²) in [7, 11) is 0. The Morgan fingerprint density at radius 3 is 2.54 bits per heavy atom. The van der Waals surface area contributed by atoms with Crippen LogP contribution in [-0.4, -0.2) is 30.7 Å². The molecule has 1 aromatic carbocycles. The van der Waals surface area contributed by atoms with Gasteiger partial charge in [-0.05, 0) is 58.7 Å². The van der Waals surface area contributed by atoms with E-state index in [4.69, 9.17) is 11.6 Å². The summed E-state index contributed by atoms with van der Waals surface area (Å²) in [5.41, 5.74) is 0.564. The molecule has 0 radical (unpaired) electrons. The number of carbonyl (C=O) groups is 2. The minimum atomic E-state index is -0.154. The summed E-state index contributed by atoms with van der Waals surface area (Å²) in [6.45, 7) is 1.13. The third kappa shape index (κ3) is 8.12. The highest BCUT2D eigenvalue weighted by Gasteiger charge is 2.06. The molecule has 8 heteroatoms. The summed E-state index contributed by atoms with van der Waals surface area (Å²) in [6.07, 6.45) is 1.02. The first-order valence-corrected chi connectivity index (χ1v) is 11.3. The fourth-order valence-corrected chi connectivity index (χ4v) is 4.69. The Bertz CT molecular complexity index is 722. The maximum atomic E-state index is 11.9. The van der Waals surface area contributed by atoms with Crippen LogP contribution in [-0.2, 0) is 10.5 Å². The first-order valence-electron chi connectivity index (χ1n) is 8.17. The number of benzene rings is 1. The molecule has 0 fully saturated rings. The van der Waals surface area contributed by atoms with Gasteiger partial charge in [0.05, 0.1) is 3.79 Å². The van der Waals surface area contributed by atoms with Gasteiger partial charge < -0.3 is 10.6 Å². The zero-order valence-corrected chi connectivity index (χ0v) is 18.1. The van der Waals surface area contributed by atoms with Gasteiger partial charge >= 0.3 is 0 Å². The summed E-state index contributed by atoms with van der Waals surface area (Å²) in [5.74, 6) is 1.71. The topological polar surface area (TPSA) is 58.2 Å². The minimum Gasteiger partial charge on any atom is -0.355 e. The lowest BCUT2D eigenvalue weighted by molar-refractivity contribution is -0.121. The molecule has 4 nitrogen and oxygen atoms in total. The van der Waals surface area contributed by atoms with Gasteiger partial charge in [0.15, 0.2) is 0 Å². The van der Waals surface area contributed by atoms with Crippen molar-refractivity contribution in [3.63, 3.8) is 0 Å². The highest BCUT2D eigenvalue weighted by atomic mass is 79.9. The lowest BCUT2D eigenvalue weighted by Gasteiger charge is -2.07. The van der Waals surface area contributed by atoms with Gasteiger partial charge in [0.1, 0.15) is 0 Å². The minimum absolute atomic E-state index is 0.0187. The molecule has 0 spiro atoms. The highest BCUT2D eigenvalue weighted by molar-refractivity contribution is 9.11. The van der Waals surface area contributed by atoms with E-state index in [9.17, 15) is 9.59 Å². The van der Waals surface area contributed by atoms with Crippen molar-refractivity contribution in [3.05, 3.63) is 55.6 Å². The van der Waals surface area contributed by atoms with E-state index in [-0.39, 0.29) is 11.8 Å². The Labute approximate surface area is 175 Å². The number of hydrogen-bond donors (Lipinski definition) is 2. The van der Waals surface area contributed by atoms with Gasteiger partial charge in [-0.15, -0.1) is 11.3 Å². The number of amides is 2. The standard InChI is InChI=1S/C18H20BrClN2O2S2/c19-16-8-7-15(26-16)12-25-11-10-21-17(23)2-1-9-22-18(24)13-3-5-14(20)6-4-13/h3-8H,1-2,9-12H2,(H,21,23)(H,22,24). The maximum absolute atomic E-state index is 11.9. The zero-order valence-electron chi connectivity index (χ0n) is 14.1. The van der Waals surface area contributed by atoms with E-state index in [0.717, 1.165) is 15.3 Å². The number of thioether (sulfide) groups is 1. The predicted octanol–water partition coefficient (Wildman–Crippen LogP) is 4.72. The van der Waals surface area contributed by atoms with Crippen LogP contribution >= 0.6 is 50.6 Å². The van der Waals surface area contributed by atoms with Crippen molar-refractivity contribution < 1.29 is 9.59 Å². The number of hydrogen-bond acceptors (Lipinski definition) is 4. The molecular weight excluding hydrogens is 456 g/mol. The molecule has 26 heavy (non-hydrogen) atoms. The van der Waals surface area contributed by atoms with Crippen LogP contribution < -0.4 is 10.6 Å². The van der Waals surface area contributed by atoms with Crippen LogP contribution in [0.3, 0.4) is 0 Å². The third-order valence-electron chi connectivity index (χ3n) is 3.41. The van der Waals surface area contributed by atoms with Crippen molar-refractivity contribution in [1.29, 1.82) is 0 Å². The second-order valence-corrected chi connectivity index (χ2v) is 9.56. The van der Waals surface area contributed by atoms with Crippen molar-refractivity contribution in [1.82, 2.24) is 10.6 Å². The molecule has 1 aromatic heterocycles. The molecule has 2 rings (SSSR count). The van der Waals surface area contributed by atoms with Crippen molar-refractivity contribution in [2.75, 3.05) is 18.8 Å². The van der Waals surface area contributed by atoms with Crippen molar-refractivity contribution in [2.24, 2.45) is 0 Å². The number of nitrogens with one attached hydrogen (secondary N) is 2. The fraction of sp³-hybridized carbons (Fsp3) is 0.333. The summed E-state index contributed by atoms with van der Waals surface area (Å²) in [4.78, 5) is 25.0. The lowest BCUT2D eigenvalue weighted by atomic mass is 10.2. The van der Waals surface area contributed by atoms with Crippen molar-refractivity contribution >= 4 is 62.4 Å². The maximum Gasteiger partial charge on any atom is 0.251 e. The first kappa shape index (κ1) is 21.3. The van der Waals surface area contributed by atoms with Gasteiger partial charge in [-0.25, -0.2) is 0 Å². The smallest absolute Gasteiger partial charge is 0.251 e. The van der Waals surface area contributed by atoms with Gasteiger partial charge in [0, 0.05) is 46.5 Å². The monoisotopic (exact) mass is 474 g/mol. The Morgan fingerprint density at radius 2 is 1.85 bits per heavy atom. The summed E-state index contributed by atoms with van der Waals surface area (Å²) >= 11 is 12.8. The van der Waals surface area contributed by atoms with Crippen molar-refractivity contribution in [2.45, 2.75) is 18.6 Å². The van der Waals surface area contributed by atoms with Gasteiger partial charge in [0.25, 0.3) is 5.91 Å². The van der Waals surface area contributed by atoms with Crippen LogP contribution in [0.1, 0.15) is 28.1 Å². The van der Waals surface area contributed by atoms with Crippen LogP contribution in [0.5, 0.6) is 0 Å². The quantitative estimate of drug-likeness (QED) is 0.489. The average molecular weight is 476 g/mol. The van der Waals surface area contributed by atoms with E-state index in [1.165, 1.54) is 4.88 Å². The molecule has 0 bridgehead atoms. The van der Waals surface area contributed by atoms with Crippen LogP contribution in [0.4, 0.5) is 0 Å². The average Bonchev–Trinajstić information content (AvgIpc) is 3.04. The molecule has 140 valence electrons. The van der Waals surface area contributed by atoms with Gasteiger partial charge in [-0.2, -0.15) is 11.8 Å². The Morgan fingerprint density at radius 1 is 1.08 bits per heavy atom. The number of rotatable bonds is 10. The molecule has 0 aliphatic carbocycles. The van der Waals surface area contributed by atoms with E-state index >= 15 is 0 Å². The molecule has 0 aliphatic rings. The molecular formula is C18H20BrClN2O2S2. The van der Waals surface area contributed by atoms with Crippen LogP contribution in [0, 0.1) is 0 Å². The van der Waals surface area contributed by atoms with Crippen LogP contribution in [0.2, 0.25) is 5.02 Å².